The van der Waals surface area contributed by atoms with Crippen LogP contribution >= 0.6 is 0 Å². The smallest absolute Gasteiger partial charge is 0.268 e. The van der Waals surface area contributed by atoms with Gasteiger partial charge in [-0.05, 0) is 42.7 Å². The van der Waals surface area contributed by atoms with Crippen LogP contribution in [0.3, 0.4) is 0 Å². The van der Waals surface area contributed by atoms with E-state index in [1.807, 2.05) is 31.2 Å². The predicted octanol–water partition coefficient (Wildman–Crippen LogP) is 4.26. The number of unbranched alkanes of at least 4 members (excludes halogenated alkanes) is 1. The van der Waals surface area contributed by atoms with Gasteiger partial charge in [-0.1, -0.05) is 32.4 Å². The van der Waals surface area contributed by atoms with Gasteiger partial charge in [0, 0.05) is 12.6 Å². The van der Waals surface area contributed by atoms with Gasteiger partial charge in [0.25, 0.3) is 10.0 Å². The number of anilines is 1. The van der Waals surface area contributed by atoms with E-state index in [0.717, 1.165) is 24.8 Å². The highest BCUT2D eigenvalue weighted by molar-refractivity contribution is 7.93. The van der Waals surface area contributed by atoms with E-state index in [9.17, 15) is 8.42 Å². The van der Waals surface area contributed by atoms with Gasteiger partial charge in [-0.2, -0.15) is 0 Å². The van der Waals surface area contributed by atoms with Gasteiger partial charge in [0.1, 0.15) is 16.4 Å². The second kappa shape index (κ2) is 8.94. The molecule has 0 atom stereocenters. The molecule has 2 aromatic rings. The molecule has 0 amide bonds. The van der Waals surface area contributed by atoms with Crippen molar-refractivity contribution in [3.63, 3.8) is 0 Å². The normalized spacial score (nSPS) is 11.2. The maximum Gasteiger partial charge on any atom is 0.268 e. The first kappa shape index (κ1) is 20.1. The van der Waals surface area contributed by atoms with Crippen LogP contribution in [0.25, 0.3) is 0 Å². The van der Waals surface area contributed by atoms with Crippen LogP contribution in [0.2, 0.25) is 0 Å². The van der Waals surface area contributed by atoms with Crippen molar-refractivity contribution in [2.24, 2.45) is 0 Å². The second-order valence-corrected chi connectivity index (χ2v) is 7.80. The lowest BCUT2D eigenvalue weighted by Crippen LogP contribution is -2.32. The van der Waals surface area contributed by atoms with E-state index < -0.39 is 10.0 Å². The summed E-state index contributed by atoms with van der Waals surface area (Å²) in [7, 11) is -0.819. The average Bonchev–Trinajstić information content (AvgIpc) is 2.67. The molecule has 0 saturated heterocycles. The lowest BCUT2D eigenvalue weighted by Gasteiger charge is -2.26. The van der Waals surface area contributed by atoms with E-state index in [4.69, 9.17) is 9.47 Å². The number of hydrogen-bond donors (Lipinski definition) is 0. The number of nitrogens with zero attached hydrogens (tertiary/aromatic N) is 1. The summed E-state index contributed by atoms with van der Waals surface area (Å²) in [6.07, 6.45) is 2.51. The molecule has 0 fully saturated rings. The fourth-order valence-corrected chi connectivity index (χ4v) is 4.39. The van der Waals surface area contributed by atoms with E-state index in [2.05, 4.69) is 6.92 Å². The van der Waals surface area contributed by atoms with Crippen molar-refractivity contribution in [2.75, 3.05) is 25.1 Å². The quantitative estimate of drug-likeness (QED) is 0.655. The summed E-state index contributed by atoms with van der Waals surface area (Å²) in [4.78, 5) is 0.109. The zero-order valence-electron chi connectivity index (χ0n) is 15.9. The van der Waals surface area contributed by atoms with E-state index in [1.165, 1.54) is 24.6 Å². The van der Waals surface area contributed by atoms with E-state index >= 15 is 0 Å². The molecule has 0 saturated carbocycles. The van der Waals surface area contributed by atoms with Crippen LogP contribution in [0.1, 0.15) is 32.3 Å². The van der Waals surface area contributed by atoms with E-state index in [1.54, 1.807) is 12.1 Å². The Labute approximate surface area is 156 Å². The largest absolute Gasteiger partial charge is 0.497 e. The molecule has 6 heteroatoms. The fraction of sp³-hybridized carbons (Fsp3) is 0.400. The summed E-state index contributed by atoms with van der Waals surface area (Å²) in [6.45, 7) is 4.50. The molecule has 2 aromatic carbocycles. The van der Waals surface area contributed by atoms with Gasteiger partial charge in [-0.15, -0.1) is 0 Å². The Morgan fingerprint density at radius 3 is 2.38 bits per heavy atom. The van der Waals surface area contributed by atoms with Crippen molar-refractivity contribution in [1.29, 1.82) is 0 Å². The molecule has 0 aliphatic rings. The predicted molar refractivity (Wildman–Crippen MR) is 105 cm³/mol. The molecule has 0 aliphatic carbocycles. The minimum Gasteiger partial charge on any atom is -0.497 e. The first-order chi connectivity index (χ1) is 12.5. The topological polar surface area (TPSA) is 55.8 Å². The van der Waals surface area contributed by atoms with Gasteiger partial charge < -0.3 is 9.47 Å². The maximum absolute atomic E-state index is 13.5. The summed E-state index contributed by atoms with van der Waals surface area (Å²) >= 11 is 0. The summed E-state index contributed by atoms with van der Waals surface area (Å²) in [5, 5.41) is 0. The van der Waals surface area contributed by atoms with Crippen LogP contribution in [-0.4, -0.2) is 29.2 Å². The second-order valence-electron chi connectivity index (χ2n) is 5.97. The highest BCUT2D eigenvalue weighted by Gasteiger charge is 2.28. The molecule has 0 bridgehead atoms. The molecule has 0 N–H and O–H groups in total. The molecule has 0 unspecified atom stereocenters. The first-order valence-corrected chi connectivity index (χ1v) is 10.3. The molecular formula is C20H27NO4S. The third kappa shape index (κ3) is 4.30. The molecule has 142 valence electrons. The maximum atomic E-state index is 13.5. The van der Waals surface area contributed by atoms with E-state index in [0.29, 0.717) is 23.7 Å². The summed E-state index contributed by atoms with van der Waals surface area (Å²) in [5.74, 6) is 0.779. The number of benzene rings is 2. The molecule has 2 rings (SSSR count). The minimum absolute atomic E-state index is 0.109. The number of rotatable bonds is 9. The molecule has 26 heavy (non-hydrogen) atoms. The van der Waals surface area contributed by atoms with Crippen molar-refractivity contribution in [3.8, 4) is 11.5 Å². The van der Waals surface area contributed by atoms with Crippen LogP contribution in [0.5, 0.6) is 11.5 Å². The third-order valence-electron chi connectivity index (χ3n) is 4.26. The summed E-state index contributed by atoms with van der Waals surface area (Å²) < 4.78 is 38.9. The Morgan fingerprint density at radius 1 is 1.00 bits per heavy atom. The zero-order valence-corrected chi connectivity index (χ0v) is 16.7. The van der Waals surface area contributed by atoms with Crippen LogP contribution in [0.15, 0.2) is 47.4 Å². The summed E-state index contributed by atoms with van der Waals surface area (Å²) in [6, 6.07) is 12.5. The van der Waals surface area contributed by atoms with Crippen LogP contribution in [0, 0.1) is 0 Å². The highest BCUT2D eigenvalue weighted by atomic mass is 32.2. The molecule has 0 aliphatic heterocycles. The minimum atomic E-state index is -3.80. The third-order valence-corrected chi connectivity index (χ3v) is 6.11. The number of methoxy groups -OCH3 is 2. The zero-order chi connectivity index (χ0) is 19.2. The average molecular weight is 378 g/mol. The molecule has 5 nitrogen and oxygen atoms in total. The van der Waals surface area contributed by atoms with Crippen molar-refractivity contribution < 1.29 is 17.9 Å². The highest BCUT2D eigenvalue weighted by Crippen LogP contribution is 2.33. The Bertz CT molecular complexity index is 833. The lowest BCUT2D eigenvalue weighted by atomic mass is 10.1. The SMILES string of the molecule is CCCCN(c1cccc(CC)c1)S(=O)(=O)c1cc(OC)ccc1OC. The van der Waals surface area contributed by atoms with Crippen molar-refractivity contribution in [3.05, 3.63) is 48.0 Å². The van der Waals surface area contributed by atoms with Crippen LogP contribution in [0.4, 0.5) is 5.69 Å². The van der Waals surface area contributed by atoms with Crippen molar-refractivity contribution >= 4 is 15.7 Å². The first-order valence-electron chi connectivity index (χ1n) is 8.81. The molecule has 0 aromatic heterocycles. The molecule has 0 spiro atoms. The monoisotopic (exact) mass is 377 g/mol. The Morgan fingerprint density at radius 2 is 1.77 bits per heavy atom. The van der Waals surface area contributed by atoms with E-state index in [-0.39, 0.29) is 4.90 Å². The molecular weight excluding hydrogens is 350 g/mol. The number of ether oxygens (including phenoxy) is 2. The van der Waals surface area contributed by atoms with Gasteiger partial charge in [0.05, 0.1) is 19.9 Å². The Kier molecular flexibility index (Phi) is 6.91. The van der Waals surface area contributed by atoms with Crippen LogP contribution in [-0.2, 0) is 16.4 Å². The van der Waals surface area contributed by atoms with Gasteiger partial charge in [0.2, 0.25) is 0 Å². The van der Waals surface area contributed by atoms with Crippen LogP contribution < -0.4 is 13.8 Å². The number of aryl methyl sites for hydroxylation is 1. The Balaban J connectivity index is 2.59. The molecule has 0 radical (unpaired) electrons. The molecule has 0 heterocycles. The Hall–Kier alpha value is -2.21. The number of sulfonamides is 1. The van der Waals surface area contributed by atoms with Gasteiger partial charge >= 0.3 is 0 Å². The number of hydrogen-bond acceptors (Lipinski definition) is 4. The fourth-order valence-electron chi connectivity index (χ4n) is 2.73. The van der Waals surface area contributed by atoms with Gasteiger partial charge in [-0.3, -0.25) is 4.31 Å². The summed E-state index contributed by atoms with van der Waals surface area (Å²) in [5.41, 5.74) is 1.76. The van der Waals surface area contributed by atoms with Gasteiger partial charge in [-0.25, -0.2) is 8.42 Å². The standard InChI is InChI=1S/C20H27NO4S/c1-5-7-13-21(17-10-8-9-16(6-2)14-17)26(22,23)20-15-18(24-3)11-12-19(20)25-4/h8-12,14-15H,5-7,13H2,1-4H3. The van der Waals surface area contributed by atoms with Crippen molar-refractivity contribution in [1.82, 2.24) is 0 Å². The lowest BCUT2D eigenvalue weighted by molar-refractivity contribution is 0.392. The van der Waals surface area contributed by atoms with Crippen molar-refractivity contribution in [2.45, 2.75) is 38.0 Å². The van der Waals surface area contributed by atoms with Gasteiger partial charge in [0.15, 0.2) is 0 Å².